The Labute approximate surface area is 116 Å². The van der Waals surface area contributed by atoms with E-state index < -0.39 is 0 Å². The highest BCUT2D eigenvalue weighted by Crippen LogP contribution is 2.25. The van der Waals surface area contributed by atoms with Crippen molar-refractivity contribution in [1.82, 2.24) is 4.90 Å². The summed E-state index contributed by atoms with van der Waals surface area (Å²) in [7, 11) is 0. The van der Waals surface area contributed by atoms with Gasteiger partial charge in [0, 0.05) is 31.7 Å². The predicted molar refractivity (Wildman–Crippen MR) is 79.4 cm³/mol. The van der Waals surface area contributed by atoms with Crippen LogP contribution in [0.1, 0.15) is 39.7 Å². The highest BCUT2D eigenvalue weighted by molar-refractivity contribution is 5.73. The first-order chi connectivity index (χ1) is 8.86. The van der Waals surface area contributed by atoms with Crippen LogP contribution in [0.25, 0.3) is 0 Å². The van der Waals surface area contributed by atoms with E-state index in [1.165, 1.54) is 5.56 Å². The molecule has 0 unspecified atom stereocenters. The maximum absolute atomic E-state index is 11.3. The number of benzene rings is 1. The number of amides is 1. The number of carbonyl (C=O) groups excluding carboxylic acids is 1. The summed E-state index contributed by atoms with van der Waals surface area (Å²) in [6.07, 6.45) is 1.03. The third-order valence-corrected chi connectivity index (χ3v) is 3.73. The van der Waals surface area contributed by atoms with Crippen molar-refractivity contribution in [3.8, 4) is 0 Å². The highest BCUT2D eigenvalue weighted by Gasteiger charge is 2.24. The molecular formula is C16H24N2O. The van der Waals surface area contributed by atoms with Crippen LogP contribution in [0.15, 0.2) is 24.3 Å². The van der Waals surface area contributed by atoms with Crippen molar-refractivity contribution in [2.45, 2.75) is 45.6 Å². The van der Waals surface area contributed by atoms with Crippen molar-refractivity contribution < 1.29 is 4.79 Å². The maximum atomic E-state index is 11.3. The molecule has 0 radical (unpaired) electrons. The first-order valence-corrected chi connectivity index (χ1v) is 6.99. The van der Waals surface area contributed by atoms with Crippen molar-refractivity contribution in [2.24, 2.45) is 0 Å². The van der Waals surface area contributed by atoms with Crippen LogP contribution in [0, 0.1) is 0 Å². The molecule has 0 bridgehead atoms. The van der Waals surface area contributed by atoms with Crippen molar-refractivity contribution in [2.75, 3.05) is 18.4 Å². The summed E-state index contributed by atoms with van der Waals surface area (Å²) in [5.74, 6) is 0.174. The fraction of sp³-hybridized carbons (Fsp3) is 0.562. The van der Waals surface area contributed by atoms with Gasteiger partial charge < -0.3 is 10.2 Å². The molecule has 1 heterocycles. The van der Waals surface area contributed by atoms with Gasteiger partial charge >= 0.3 is 0 Å². The van der Waals surface area contributed by atoms with Gasteiger partial charge in [-0.15, -0.1) is 0 Å². The van der Waals surface area contributed by atoms with Gasteiger partial charge in [0.15, 0.2) is 0 Å². The molecule has 0 saturated carbocycles. The molecule has 1 fully saturated rings. The third-order valence-electron chi connectivity index (χ3n) is 3.73. The van der Waals surface area contributed by atoms with E-state index in [1.54, 1.807) is 6.92 Å². The molecule has 1 aromatic rings. The Morgan fingerprint density at radius 1 is 1.37 bits per heavy atom. The van der Waals surface area contributed by atoms with E-state index >= 15 is 0 Å². The SMILES string of the molecule is CC(=O)N1CC[C@H](Nc2cccc(C(C)(C)C)c2)C1. The van der Waals surface area contributed by atoms with E-state index in [0.717, 1.165) is 25.2 Å². The Bertz CT molecular complexity index is 462. The third kappa shape index (κ3) is 3.49. The lowest BCUT2D eigenvalue weighted by Crippen LogP contribution is -2.29. The lowest BCUT2D eigenvalue weighted by atomic mass is 9.87. The van der Waals surface area contributed by atoms with Gasteiger partial charge in [-0.05, 0) is 29.5 Å². The summed E-state index contributed by atoms with van der Waals surface area (Å²) in [6, 6.07) is 8.96. The van der Waals surface area contributed by atoms with E-state index in [2.05, 4.69) is 50.4 Å². The normalized spacial score (nSPS) is 19.6. The molecule has 1 amide bonds. The van der Waals surface area contributed by atoms with Crippen LogP contribution < -0.4 is 5.32 Å². The van der Waals surface area contributed by atoms with E-state index in [1.807, 2.05) is 4.90 Å². The Kier molecular flexibility index (Phi) is 3.83. The molecule has 1 aliphatic heterocycles. The number of nitrogens with one attached hydrogen (secondary N) is 1. The van der Waals surface area contributed by atoms with Crippen LogP contribution >= 0.6 is 0 Å². The molecule has 1 aromatic carbocycles. The van der Waals surface area contributed by atoms with Crippen molar-refractivity contribution in [3.05, 3.63) is 29.8 Å². The number of carbonyl (C=O) groups is 1. The second-order valence-electron chi connectivity index (χ2n) is 6.43. The number of hydrogen-bond acceptors (Lipinski definition) is 2. The van der Waals surface area contributed by atoms with Gasteiger partial charge in [0.25, 0.3) is 0 Å². The monoisotopic (exact) mass is 260 g/mol. The number of hydrogen-bond donors (Lipinski definition) is 1. The Morgan fingerprint density at radius 2 is 2.11 bits per heavy atom. The molecule has 104 valence electrons. The zero-order valence-electron chi connectivity index (χ0n) is 12.4. The first-order valence-electron chi connectivity index (χ1n) is 6.99. The largest absolute Gasteiger partial charge is 0.380 e. The quantitative estimate of drug-likeness (QED) is 0.886. The summed E-state index contributed by atoms with van der Waals surface area (Å²) in [6.45, 7) is 9.99. The Hall–Kier alpha value is -1.51. The van der Waals surface area contributed by atoms with Gasteiger partial charge in [-0.25, -0.2) is 0 Å². The molecule has 0 spiro atoms. The smallest absolute Gasteiger partial charge is 0.219 e. The van der Waals surface area contributed by atoms with Gasteiger partial charge in [0.05, 0.1) is 0 Å². The Balaban J connectivity index is 2.03. The standard InChI is InChI=1S/C16H24N2O/c1-12(19)18-9-8-15(11-18)17-14-7-5-6-13(10-14)16(2,3)4/h5-7,10,15,17H,8-9,11H2,1-4H3/t15-/m0/s1. The van der Waals surface area contributed by atoms with Crippen LogP contribution in [-0.4, -0.2) is 29.9 Å². The van der Waals surface area contributed by atoms with Gasteiger partial charge in [-0.1, -0.05) is 32.9 Å². The summed E-state index contributed by atoms with van der Waals surface area (Å²) >= 11 is 0. The minimum atomic E-state index is 0.165. The molecule has 3 heteroatoms. The van der Waals surface area contributed by atoms with Crippen LogP contribution in [0.2, 0.25) is 0 Å². The van der Waals surface area contributed by atoms with Crippen molar-refractivity contribution >= 4 is 11.6 Å². The van der Waals surface area contributed by atoms with Gasteiger partial charge in [-0.3, -0.25) is 4.79 Å². The first kappa shape index (κ1) is 13.9. The van der Waals surface area contributed by atoms with Crippen LogP contribution in [0.3, 0.4) is 0 Å². The molecule has 1 aliphatic rings. The molecule has 1 saturated heterocycles. The minimum absolute atomic E-state index is 0.165. The molecule has 0 aliphatic carbocycles. The average Bonchev–Trinajstić information content (AvgIpc) is 2.77. The van der Waals surface area contributed by atoms with E-state index in [4.69, 9.17) is 0 Å². The van der Waals surface area contributed by atoms with Crippen LogP contribution in [0.4, 0.5) is 5.69 Å². The zero-order chi connectivity index (χ0) is 14.0. The Morgan fingerprint density at radius 3 is 2.68 bits per heavy atom. The van der Waals surface area contributed by atoms with Crippen molar-refractivity contribution in [3.63, 3.8) is 0 Å². The second kappa shape index (κ2) is 5.24. The fourth-order valence-corrected chi connectivity index (χ4v) is 2.48. The molecule has 1 atom stereocenters. The molecular weight excluding hydrogens is 236 g/mol. The summed E-state index contributed by atoms with van der Waals surface area (Å²) in [5, 5.41) is 3.54. The number of anilines is 1. The average molecular weight is 260 g/mol. The summed E-state index contributed by atoms with van der Waals surface area (Å²) < 4.78 is 0. The predicted octanol–water partition coefficient (Wildman–Crippen LogP) is 3.02. The number of nitrogens with zero attached hydrogens (tertiary/aromatic N) is 1. The fourth-order valence-electron chi connectivity index (χ4n) is 2.48. The molecule has 19 heavy (non-hydrogen) atoms. The highest BCUT2D eigenvalue weighted by atomic mass is 16.2. The number of rotatable bonds is 2. The van der Waals surface area contributed by atoms with Gasteiger partial charge in [0.2, 0.25) is 5.91 Å². The summed E-state index contributed by atoms with van der Waals surface area (Å²) in [5.41, 5.74) is 2.65. The number of likely N-dealkylation sites (tertiary alicyclic amines) is 1. The topological polar surface area (TPSA) is 32.3 Å². The van der Waals surface area contributed by atoms with Crippen LogP contribution in [0.5, 0.6) is 0 Å². The minimum Gasteiger partial charge on any atom is -0.380 e. The van der Waals surface area contributed by atoms with E-state index in [9.17, 15) is 4.79 Å². The lowest BCUT2D eigenvalue weighted by Gasteiger charge is -2.21. The van der Waals surface area contributed by atoms with Gasteiger partial charge in [0.1, 0.15) is 0 Å². The molecule has 1 N–H and O–H groups in total. The van der Waals surface area contributed by atoms with E-state index in [0.29, 0.717) is 6.04 Å². The second-order valence-corrected chi connectivity index (χ2v) is 6.43. The zero-order valence-corrected chi connectivity index (χ0v) is 12.4. The maximum Gasteiger partial charge on any atom is 0.219 e. The summed E-state index contributed by atoms with van der Waals surface area (Å²) in [4.78, 5) is 13.2. The van der Waals surface area contributed by atoms with Gasteiger partial charge in [-0.2, -0.15) is 0 Å². The molecule has 0 aromatic heterocycles. The van der Waals surface area contributed by atoms with Crippen LogP contribution in [-0.2, 0) is 10.2 Å². The molecule has 3 nitrogen and oxygen atoms in total. The molecule has 2 rings (SSSR count). The van der Waals surface area contributed by atoms with Crippen molar-refractivity contribution in [1.29, 1.82) is 0 Å². The van der Waals surface area contributed by atoms with E-state index in [-0.39, 0.29) is 11.3 Å². The lowest BCUT2D eigenvalue weighted by molar-refractivity contribution is -0.127.